The number of amides is 2. The first-order valence-corrected chi connectivity index (χ1v) is 11.1. The summed E-state index contributed by atoms with van der Waals surface area (Å²) in [5, 5.41) is 10.6. The van der Waals surface area contributed by atoms with Gasteiger partial charge in [0.05, 0.1) is 18.1 Å². The van der Waals surface area contributed by atoms with Gasteiger partial charge in [0.1, 0.15) is 6.29 Å². The van der Waals surface area contributed by atoms with E-state index >= 15 is 0 Å². The second-order valence-corrected chi connectivity index (χ2v) is 9.26. The molecule has 2 fully saturated rings. The van der Waals surface area contributed by atoms with Gasteiger partial charge >= 0.3 is 6.03 Å². The van der Waals surface area contributed by atoms with Crippen molar-refractivity contribution in [3.8, 4) is 0 Å². The first-order valence-electron chi connectivity index (χ1n) is 10.7. The van der Waals surface area contributed by atoms with E-state index in [-0.39, 0.29) is 30.9 Å². The number of nitrogens with two attached hydrogens (primary N) is 2. The third-order valence-electron chi connectivity index (χ3n) is 6.56. The van der Waals surface area contributed by atoms with Gasteiger partial charge in [-0.25, -0.2) is 15.6 Å². The van der Waals surface area contributed by atoms with Crippen LogP contribution in [0.15, 0.2) is 36.0 Å². The molecule has 2 unspecified atom stereocenters. The first-order chi connectivity index (χ1) is 14.8. The number of rotatable bonds is 4. The van der Waals surface area contributed by atoms with Gasteiger partial charge in [-0.05, 0) is 43.9 Å². The van der Waals surface area contributed by atoms with Crippen LogP contribution in [0.25, 0.3) is 0 Å². The number of carbonyl (C=O) groups excluding carboxylic acids is 1. The molecule has 1 aromatic rings. The monoisotopic (exact) mass is 449 g/mol. The lowest BCUT2D eigenvalue weighted by Crippen LogP contribution is -2.65. The van der Waals surface area contributed by atoms with Crippen LogP contribution in [-0.4, -0.2) is 64.6 Å². The Hall–Kier alpha value is -1.88. The Labute approximate surface area is 188 Å². The summed E-state index contributed by atoms with van der Waals surface area (Å²) >= 11 is 6.24. The van der Waals surface area contributed by atoms with E-state index in [1.54, 1.807) is 11.0 Å². The molecule has 0 saturated carbocycles. The van der Waals surface area contributed by atoms with Gasteiger partial charge in [-0.3, -0.25) is 16.2 Å². The van der Waals surface area contributed by atoms with Crippen molar-refractivity contribution in [1.29, 1.82) is 0 Å². The number of nitrogens with one attached hydrogen (secondary N) is 2. The normalized spacial score (nSPS) is 25.7. The van der Waals surface area contributed by atoms with Gasteiger partial charge in [0.25, 0.3) is 0 Å². The third kappa shape index (κ3) is 4.39. The number of nitrogens with zero attached hydrogens (tertiary/aromatic N) is 3. The van der Waals surface area contributed by atoms with E-state index in [1.165, 1.54) is 5.01 Å². The molecule has 3 aliphatic rings. The van der Waals surface area contributed by atoms with Gasteiger partial charge in [0.15, 0.2) is 0 Å². The van der Waals surface area contributed by atoms with Gasteiger partial charge < -0.3 is 15.0 Å². The molecule has 0 aromatic heterocycles. The van der Waals surface area contributed by atoms with Gasteiger partial charge in [-0.1, -0.05) is 29.8 Å². The van der Waals surface area contributed by atoms with E-state index in [2.05, 4.69) is 10.6 Å². The van der Waals surface area contributed by atoms with Gasteiger partial charge in [0, 0.05) is 37.0 Å². The van der Waals surface area contributed by atoms with Crippen molar-refractivity contribution in [2.24, 2.45) is 11.7 Å². The Morgan fingerprint density at radius 2 is 2.00 bits per heavy atom. The maximum absolute atomic E-state index is 13.2. The van der Waals surface area contributed by atoms with Crippen LogP contribution in [0.4, 0.5) is 4.79 Å². The lowest BCUT2D eigenvalue weighted by Gasteiger charge is -2.41. The molecule has 0 aliphatic carbocycles. The fourth-order valence-electron chi connectivity index (χ4n) is 4.63. The summed E-state index contributed by atoms with van der Waals surface area (Å²) in [6.45, 7) is 6.26. The Morgan fingerprint density at radius 1 is 1.29 bits per heavy atom. The van der Waals surface area contributed by atoms with E-state index in [4.69, 9.17) is 28.0 Å². The SMILES string of the molecule is CC1(C)C2=CNC(N(N)C3CCOCC3)NC2CN1C(=O)N(N)Cc1ccccc1Cl. The summed E-state index contributed by atoms with van der Waals surface area (Å²) in [6, 6.07) is 7.39. The number of fused-ring (bicyclic) bond motifs is 1. The molecule has 31 heavy (non-hydrogen) atoms. The zero-order chi connectivity index (χ0) is 22.2. The number of ether oxygens (including phenoxy) is 1. The molecule has 10 heteroatoms. The number of urea groups is 1. The van der Waals surface area contributed by atoms with Crippen molar-refractivity contribution in [3.63, 3.8) is 0 Å². The number of hydrogen-bond acceptors (Lipinski definition) is 7. The highest BCUT2D eigenvalue weighted by atomic mass is 35.5. The average molecular weight is 450 g/mol. The number of halogens is 1. The first kappa shape index (κ1) is 22.3. The summed E-state index contributed by atoms with van der Waals surface area (Å²) in [5.74, 6) is 12.6. The molecular weight excluding hydrogens is 418 g/mol. The Kier molecular flexibility index (Phi) is 6.43. The Bertz CT molecular complexity index is 843. The number of hydrazine groups is 2. The number of hydrogen-bond donors (Lipinski definition) is 4. The molecule has 1 aromatic carbocycles. The summed E-state index contributed by atoms with van der Waals surface area (Å²) in [5.41, 5.74) is 1.41. The fraction of sp³-hybridized carbons (Fsp3) is 0.571. The van der Waals surface area contributed by atoms with Crippen LogP contribution < -0.4 is 22.3 Å². The second kappa shape index (κ2) is 8.93. The highest BCUT2D eigenvalue weighted by Gasteiger charge is 2.49. The van der Waals surface area contributed by atoms with Crippen LogP contribution in [0.5, 0.6) is 0 Å². The van der Waals surface area contributed by atoms with Crippen molar-refractivity contribution in [1.82, 2.24) is 25.6 Å². The van der Waals surface area contributed by atoms with Crippen LogP contribution >= 0.6 is 11.6 Å². The minimum Gasteiger partial charge on any atom is -0.381 e. The molecule has 0 bridgehead atoms. The number of benzene rings is 1. The minimum atomic E-state index is -0.497. The average Bonchev–Trinajstić information content (AvgIpc) is 3.04. The van der Waals surface area contributed by atoms with E-state index in [9.17, 15) is 4.79 Å². The highest BCUT2D eigenvalue weighted by molar-refractivity contribution is 6.31. The molecule has 6 N–H and O–H groups in total. The molecule has 9 nitrogen and oxygen atoms in total. The summed E-state index contributed by atoms with van der Waals surface area (Å²) in [4.78, 5) is 15.0. The molecule has 0 spiro atoms. The zero-order valence-corrected chi connectivity index (χ0v) is 18.8. The van der Waals surface area contributed by atoms with Crippen LogP contribution in [0.3, 0.4) is 0 Å². The largest absolute Gasteiger partial charge is 0.381 e. The predicted octanol–water partition coefficient (Wildman–Crippen LogP) is 1.31. The van der Waals surface area contributed by atoms with E-state index in [0.717, 1.165) is 37.2 Å². The minimum absolute atomic E-state index is 0.00944. The maximum atomic E-state index is 13.2. The topological polar surface area (TPSA) is 112 Å². The number of carbonyl (C=O) groups is 1. The standard InChI is InChI=1S/C21H32ClN7O2/c1-21(2)16-11-25-19(29(24)15-7-9-31-10-8-15)26-18(16)13-27(21)20(30)28(23)12-14-5-3-4-6-17(14)22/h3-6,11,15,18-19,25-26H,7-10,12-13,23-24H2,1-2H3. The Morgan fingerprint density at radius 3 is 2.71 bits per heavy atom. The molecular formula is C21H32ClN7O2. The lowest BCUT2D eigenvalue weighted by molar-refractivity contribution is 0.000441. The molecule has 4 rings (SSSR count). The van der Waals surface area contributed by atoms with Crippen LogP contribution in [0.2, 0.25) is 5.02 Å². The highest BCUT2D eigenvalue weighted by Crippen LogP contribution is 2.36. The van der Waals surface area contributed by atoms with E-state index in [0.29, 0.717) is 11.6 Å². The summed E-state index contributed by atoms with van der Waals surface area (Å²) in [6.07, 6.45) is 3.59. The van der Waals surface area contributed by atoms with E-state index < -0.39 is 5.54 Å². The van der Waals surface area contributed by atoms with Crippen molar-refractivity contribution >= 4 is 17.6 Å². The molecule has 170 valence electrons. The third-order valence-corrected chi connectivity index (χ3v) is 6.93. The van der Waals surface area contributed by atoms with Gasteiger partial charge in [0.2, 0.25) is 0 Å². The predicted molar refractivity (Wildman–Crippen MR) is 119 cm³/mol. The van der Waals surface area contributed by atoms with Crippen molar-refractivity contribution in [2.45, 2.75) is 57.1 Å². The fourth-order valence-corrected chi connectivity index (χ4v) is 4.83. The smallest absolute Gasteiger partial charge is 0.335 e. The van der Waals surface area contributed by atoms with Gasteiger partial charge in [-0.15, -0.1) is 0 Å². The molecule has 0 radical (unpaired) electrons. The van der Waals surface area contributed by atoms with Crippen molar-refractivity contribution in [3.05, 3.63) is 46.6 Å². The zero-order valence-electron chi connectivity index (χ0n) is 18.1. The molecule has 2 amide bonds. The second-order valence-electron chi connectivity index (χ2n) is 8.85. The van der Waals surface area contributed by atoms with E-state index in [1.807, 2.05) is 43.3 Å². The summed E-state index contributed by atoms with van der Waals surface area (Å²) < 4.78 is 5.44. The molecule has 2 saturated heterocycles. The van der Waals surface area contributed by atoms with Crippen molar-refractivity contribution < 1.29 is 9.53 Å². The molecule has 3 aliphatic heterocycles. The van der Waals surface area contributed by atoms with Crippen LogP contribution in [0.1, 0.15) is 32.3 Å². The van der Waals surface area contributed by atoms with Crippen LogP contribution in [-0.2, 0) is 11.3 Å². The Balaban J connectivity index is 1.44. The maximum Gasteiger partial charge on any atom is 0.335 e. The summed E-state index contributed by atoms with van der Waals surface area (Å²) in [7, 11) is 0. The number of likely N-dealkylation sites (tertiary alicyclic amines) is 1. The van der Waals surface area contributed by atoms with Crippen molar-refractivity contribution in [2.75, 3.05) is 19.8 Å². The molecule has 2 atom stereocenters. The van der Waals surface area contributed by atoms with Crippen LogP contribution in [0, 0.1) is 0 Å². The lowest BCUT2D eigenvalue weighted by atomic mass is 9.92. The van der Waals surface area contributed by atoms with Gasteiger partial charge in [-0.2, -0.15) is 0 Å². The quantitative estimate of drug-likeness (QED) is 0.311. The molecule has 3 heterocycles.